The Bertz CT molecular complexity index is 769. The third-order valence-electron chi connectivity index (χ3n) is 4.47. The first kappa shape index (κ1) is 18.0. The largest absolute Gasteiger partial charge is 0.318 e. The van der Waals surface area contributed by atoms with E-state index in [4.69, 9.17) is 0 Å². The van der Waals surface area contributed by atoms with Crippen LogP contribution in [0.25, 0.3) is 5.70 Å². The predicted molar refractivity (Wildman–Crippen MR) is 104 cm³/mol. The molecule has 0 amide bonds. The van der Waals surface area contributed by atoms with Gasteiger partial charge in [0.05, 0.1) is 17.1 Å². The van der Waals surface area contributed by atoms with Gasteiger partial charge in [-0.25, -0.2) is 8.42 Å². The van der Waals surface area contributed by atoms with Gasteiger partial charge in [-0.2, -0.15) is 4.31 Å². The number of benzene rings is 1. The van der Waals surface area contributed by atoms with Crippen LogP contribution in [-0.2, 0) is 10.0 Å². The van der Waals surface area contributed by atoms with Crippen LogP contribution in [0.4, 0.5) is 0 Å². The first-order chi connectivity index (χ1) is 11.2. The molecule has 0 radical (unpaired) electrons. The molecule has 0 atom stereocenters. The van der Waals surface area contributed by atoms with E-state index in [0.717, 1.165) is 48.8 Å². The van der Waals surface area contributed by atoms with E-state index in [9.17, 15) is 8.42 Å². The number of piperidine rings is 1. The number of nitrogens with zero attached hydrogens (tertiary/aromatic N) is 3. The van der Waals surface area contributed by atoms with E-state index in [1.165, 1.54) is 0 Å². The van der Waals surface area contributed by atoms with Crippen molar-refractivity contribution in [2.45, 2.75) is 24.2 Å². The molecule has 130 valence electrons. The lowest BCUT2D eigenvalue weighted by Crippen LogP contribution is -2.35. The molecule has 4 rings (SSSR count). The van der Waals surface area contributed by atoms with Crippen LogP contribution in [0.15, 0.2) is 39.6 Å². The molecule has 0 saturated carbocycles. The predicted octanol–water partition coefficient (Wildman–Crippen LogP) is 3.16. The molecule has 0 aliphatic carbocycles. The van der Waals surface area contributed by atoms with Gasteiger partial charge in [0.25, 0.3) is 0 Å². The maximum absolute atomic E-state index is 12.7. The summed E-state index contributed by atoms with van der Waals surface area (Å²) < 4.78 is 27.0. The van der Waals surface area contributed by atoms with Gasteiger partial charge < -0.3 is 4.90 Å². The molecular formula is C16H20BrN3O2S2. The number of amidine groups is 1. The second-order valence-corrected chi connectivity index (χ2v) is 8.70. The highest BCUT2D eigenvalue weighted by Gasteiger charge is 2.28. The van der Waals surface area contributed by atoms with Gasteiger partial charge in [-0.1, -0.05) is 30.3 Å². The van der Waals surface area contributed by atoms with Crippen molar-refractivity contribution in [3.63, 3.8) is 0 Å². The lowest BCUT2D eigenvalue weighted by Gasteiger charge is -2.26. The zero-order chi connectivity index (χ0) is 15.9. The van der Waals surface area contributed by atoms with Crippen LogP contribution in [0.1, 0.15) is 24.8 Å². The average Bonchev–Trinajstić information content (AvgIpc) is 3.19. The topological polar surface area (TPSA) is 53.0 Å². The highest BCUT2D eigenvalue weighted by molar-refractivity contribution is 8.93. The zero-order valence-electron chi connectivity index (χ0n) is 13.2. The zero-order valence-corrected chi connectivity index (χ0v) is 16.6. The van der Waals surface area contributed by atoms with E-state index in [2.05, 4.69) is 15.3 Å². The van der Waals surface area contributed by atoms with Crippen LogP contribution in [0.2, 0.25) is 0 Å². The van der Waals surface area contributed by atoms with Gasteiger partial charge in [-0.3, -0.25) is 4.99 Å². The van der Waals surface area contributed by atoms with Crippen LogP contribution in [0, 0.1) is 0 Å². The molecule has 5 nitrogen and oxygen atoms in total. The molecule has 3 aliphatic heterocycles. The molecule has 8 heteroatoms. The van der Waals surface area contributed by atoms with Gasteiger partial charge in [-0.15, -0.1) is 17.0 Å². The average molecular weight is 430 g/mol. The van der Waals surface area contributed by atoms with Crippen LogP contribution in [-0.4, -0.2) is 49.0 Å². The van der Waals surface area contributed by atoms with Crippen molar-refractivity contribution in [3.8, 4) is 0 Å². The minimum Gasteiger partial charge on any atom is -0.318 e. The molecule has 1 aromatic carbocycles. The van der Waals surface area contributed by atoms with Gasteiger partial charge in [-0.05, 0) is 30.5 Å². The van der Waals surface area contributed by atoms with E-state index in [-0.39, 0.29) is 17.0 Å². The maximum Gasteiger partial charge on any atom is 0.243 e. The monoisotopic (exact) mass is 429 g/mol. The summed E-state index contributed by atoms with van der Waals surface area (Å²) in [6.45, 7) is 3.02. The summed E-state index contributed by atoms with van der Waals surface area (Å²) in [7, 11) is -3.35. The Hall–Kier alpha value is -0.830. The van der Waals surface area contributed by atoms with Crippen LogP contribution in [0.3, 0.4) is 0 Å². The minimum atomic E-state index is -3.35. The van der Waals surface area contributed by atoms with Crippen molar-refractivity contribution in [1.29, 1.82) is 0 Å². The quantitative estimate of drug-likeness (QED) is 0.740. The van der Waals surface area contributed by atoms with Gasteiger partial charge in [0.2, 0.25) is 10.0 Å². The first-order valence-corrected chi connectivity index (χ1v) is 10.3. The standard InChI is InChI=1S/C16H19N3O2S2.BrH/c20-23(21,18-9-2-1-3-10-18)14-6-4-13(5-7-14)15-12-22-16-17-8-11-19(15)16;/h4-7,12H,1-3,8-11H2;1H. The van der Waals surface area contributed by atoms with Gasteiger partial charge >= 0.3 is 0 Å². The highest BCUT2D eigenvalue weighted by atomic mass is 79.9. The number of fused-ring (bicyclic) bond motifs is 1. The first-order valence-electron chi connectivity index (χ1n) is 7.96. The molecule has 1 saturated heterocycles. The SMILES string of the molecule is Br.O=S(=O)(c1ccc(C2=CSC3=NCCN23)cc1)N1CCCCC1. The normalized spacial score (nSPS) is 21.1. The second-order valence-electron chi connectivity index (χ2n) is 5.93. The van der Waals surface area contributed by atoms with E-state index in [0.29, 0.717) is 18.0 Å². The summed E-state index contributed by atoms with van der Waals surface area (Å²) in [4.78, 5) is 7.03. The molecule has 3 heterocycles. The number of halogens is 1. The molecule has 0 bridgehead atoms. The van der Waals surface area contributed by atoms with E-state index < -0.39 is 10.0 Å². The van der Waals surface area contributed by atoms with Crippen molar-refractivity contribution < 1.29 is 8.42 Å². The molecule has 0 spiro atoms. The Balaban J connectivity index is 0.00000169. The lowest BCUT2D eigenvalue weighted by atomic mass is 10.1. The molecule has 1 aromatic rings. The molecule has 0 aromatic heterocycles. The Morgan fingerprint density at radius 2 is 1.71 bits per heavy atom. The summed E-state index contributed by atoms with van der Waals surface area (Å²) >= 11 is 1.64. The molecule has 3 aliphatic rings. The second kappa shape index (κ2) is 7.19. The smallest absolute Gasteiger partial charge is 0.243 e. The number of rotatable bonds is 3. The number of hydrogen-bond donors (Lipinski definition) is 0. The molecule has 24 heavy (non-hydrogen) atoms. The van der Waals surface area contributed by atoms with Crippen molar-refractivity contribution in [3.05, 3.63) is 35.2 Å². The van der Waals surface area contributed by atoms with Crippen molar-refractivity contribution in [2.24, 2.45) is 4.99 Å². The highest BCUT2D eigenvalue weighted by Crippen LogP contribution is 2.35. The molecular weight excluding hydrogens is 410 g/mol. The third kappa shape index (κ3) is 3.16. The van der Waals surface area contributed by atoms with E-state index >= 15 is 0 Å². The lowest BCUT2D eigenvalue weighted by molar-refractivity contribution is 0.346. The van der Waals surface area contributed by atoms with Crippen LogP contribution in [0.5, 0.6) is 0 Å². The van der Waals surface area contributed by atoms with Crippen molar-refractivity contribution >= 4 is 49.6 Å². The van der Waals surface area contributed by atoms with Gasteiger partial charge in [0.15, 0.2) is 5.17 Å². The Morgan fingerprint density at radius 1 is 1.00 bits per heavy atom. The third-order valence-corrected chi connectivity index (χ3v) is 7.29. The number of aliphatic imine (C=N–C) groups is 1. The van der Waals surface area contributed by atoms with Crippen LogP contribution < -0.4 is 0 Å². The number of hydrogen-bond acceptors (Lipinski definition) is 5. The summed E-state index contributed by atoms with van der Waals surface area (Å²) in [6, 6.07) is 7.28. The summed E-state index contributed by atoms with van der Waals surface area (Å²) in [5, 5.41) is 3.14. The number of sulfonamides is 1. The Labute approximate surface area is 157 Å². The minimum absolute atomic E-state index is 0. The fraction of sp³-hybridized carbons (Fsp3) is 0.438. The molecule has 1 fully saturated rings. The Kier molecular flexibility index (Phi) is 5.39. The van der Waals surface area contributed by atoms with Crippen molar-refractivity contribution in [2.75, 3.05) is 26.2 Å². The fourth-order valence-corrected chi connectivity index (χ4v) is 5.68. The van der Waals surface area contributed by atoms with E-state index in [1.807, 2.05) is 12.1 Å². The molecule has 0 unspecified atom stereocenters. The van der Waals surface area contributed by atoms with E-state index in [1.54, 1.807) is 28.2 Å². The van der Waals surface area contributed by atoms with Crippen LogP contribution >= 0.6 is 28.7 Å². The maximum atomic E-state index is 12.7. The van der Waals surface area contributed by atoms with Gasteiger partial charge in [0, 0.05) is 25.0 Å². The fourth-order valence-electron chi connectivity index (χ4n) is 3.20. The van der Waals surface area contributed by atoms with Gasteiger partial charge in [0.1, 0.15) is 0 Å². The summed E-state index contributed by atoms with van der Waals surface area (Å²) in [5.74, 6) is 0. The Morgan fingerprint density at radius 3 is 2.42 bits per heavy atom. The summed E-state index contributed by atoms with van der Waals surface area (Å²) in [5.41, 5.74) is 2.16. The number of thioether (sulfide) groups is 1. The molecule has 0 N–H and O–H groups in total. The van der Waals surface area contributed by atoms with Crippen molar-refractivity contribution in [1.82, 2.24) is 9.21 Å². The summed E-state index contributed by atoms with van der Waals surface area (Å²) in [6.07, 6.45) is 3.04.